The van der Waals surface area contributed by atoms with Gasteiger partial charge in [-0.2, -0.15) is 0 Å². The van der Waals surface area contributed by atoms with Crippen LogP contribution in [0.1, 0.15) is 57.7 Å². The van der Waals surface area contributed by atoms with E-state index in [1.165, 1.54) is 0 Å². The van der Waals surface area contributed by atoms with Crippen molar-refractivity contribution in [1.29, 1.82) is 0 Å². The van der Waals surface area contributed by atoms with Crippen molar-refractivity contribution >= 4 is 11.6 Å². The van der Waals surface area contributed by atoms with E-state index >= 15 is 0 Å². The number of aromatic nitrogens is 2. The number of unbranched alkanes of at least 4 members (excludes halogenated alkanes) is 1. The van der Waals surface area contributed by atoms with Crippen LogP contribution in [0.5, 0.6) is 0 Å². The number of benzene rings is 1. The maximum atomic E-state index is 12.3. The van der Waals surface area contributed by atoms with Gasteiger partial charge in [-0.1, -0.05) is 37.6 Å². The summed E-state index contributed by atoms with van der Waals surface area (Å²) in [5, 5.41) is 0. The summed E-state index contributed by atoms with van der Waals surface area (Å²) in [5.41, 5.74) is 1.53. The first kappa shape index (κ1) is 11.8. The molecule has 0 bridgehead atoms. The number of aryl methyl sites for hydroxylation is 1. The molecule has 0 radical (unpaired) electrons. The SMILES string of the molecule is CCCCc1nc2c([nH]1)C(=O)c1ccccc1C2=O. The van der Waals surface area contributed by atoms with E-state index in [0.717, 1.165) is 25.1 Å². The average molecular weight is 254 g/mol. The van der Waals surface area contributed by atoms with E-state index in [1.807, 2.05) is 0 Å². The Morgan fingerprint density at radius 1 is 1.11 bits per heavy atom. The molecule has 4 heteroatoms. The highest BCUT2D eigenvalue weighted by molar-refractivity contribution is 6.26. The Bertz CT molecular complexity index is 618. The van der Waals surface area contributed by atoms with Crippen LogP contribution in [0.2, 0.25) is 0 Å². The third-order valence-corrected chi connectivity index (χ3v) is 3.38. The number of nitrogens with one attached hydrogen (secondary N) is 1. The number of H-pyrrole nitrogens is 1. The molecule has 0 amide bonds. The highest BCUT2D eigenvalue weighted by Crippen LogP contribution is 2.25. The van der Waals surface area contributed by atoms with Crippen molar-refractivity contribution in [3.05, 3.63) is 52.6 Å². The minimum atomic E-state index is -0.163. The number of imidazole rings is 1. The van der Waals surface area contributed by atoms with Crippen LogP contribution in [0.15, 0.2) is 24.3 Å². The smallest absolute Gasteiger partial charge is 0.214 e. The van der Waals surface area contributed by atoms with Gasteiger partial charge in [0.2, 0.25) is 11.6 Å². The second kappa shape index (κ2) is 4.46. The van der Waals surface area contributed by atoms with Crippen LogP contribution in [-0.2, 0) is 6.42 Å². The Hall–Kier alpha value is -2.23. The Kier molecular flexibility index (Phi) is 2.78. The molecule has 3 rings (SSSR count). The fourth-order valence-electron chi connectivity index (χ4n) is 2.35. The van der Waals surface area contributed by atoms with Crippen molar-refractivity contribution in [2.24, 2.45) is 0 Å². The van der Waals surface area contributed by atoms with Crippen LogP contribution in [0, 0.1) is 0 Å². The lowest BCUT2D eigenvalue weighted by Gasteiger charge is -2.11. The molecule has 0 atom stereocenters. The summed E-state index contributed by atoms with van der Waals surface area (Å²) in [7, 11) is 0. The third kappa shape index (κ3) is 1.80. The van der Waals surface area contributed by atoms with E-state index in [1.54, 1.807) is 24.3 Å². The van der Waals surface area contributed by atoms with Gasteiger partial charge in [0.1, 0.15) is 17.2 Å². The molecule has 0 saturated carbocycles. The first-order valence-electron chi connectivity index (χ1n) is 6.49. The van der Waals surface area contributed by atoms with E-state index in [0.29, 0.717) is 16.8 Å². The minimum absolute atomic E-state index is 0.138. The fourth-order valence-corrected chi connectivity index (χ4v) is 2.35. The second-order valence-electron chi connectivity index (χ2n) is 4.71. The summed E-state index contributed by atoms with van der Waals surface area (Å²) in [6, 6.07) is 6.90. The van der Waals surface area contributed by atoms with Gasteiger partial charge in [-0.15, -0.1) is 0 Å². The Morgan fingerprint density at radius 3 is 2.47 bits per heavy atom. The van der Waals surface area contributed by atoms with Crippen molar-refractivity contribution < 1.29 is 9.59 Å². The van der Waals surface area contributed by atoms with Crippen LogP contribution < -0.4 is 0 Å². The van der Waals surface area contributed by atoms with E-state index in [4.69, 9.17) is 0 Å². The summed E-state index contributed by atoms with van der Waals surface area (Å²) < 4.78 is 0. The molecule has 0 aliphatic heterocycles. The molecule has 1 N–H and O–H groups in total. The summed E-state index contributed by atoms with van der Waals surface area (Å²) in [4.78, 5) is 31.9. The molecule has 0 fully saturated rings. The fraction of sp³-hybridized carbons (Fsp3) is 0.267. The zero-order valence-electron chi connectivity index (χ0n) is 10.7. The minimum Gasteiger partial charge on any atom is -0.339 e. The Balaban J connectivity index is 2.07. The summed E-state index contributed by atoms with van der Waals surface area (Å²) >= 11 is 0. The monoisotopic (exact) mass is 254 g/mol. The number of hydrogen-bond acceptors (Lipinski definition) is 3. The van der Waals surface area contributed by atoms with Gasteiger partial charge in [0, 0.05) is 17.5 Å². The van der Waals surface area contributed by atoms with Gasteiger partial charge < -0.3 is 4.98 Å². The lowest BCUT2D eigenvalue weighted by atomic mass is 9.90. The second-order valence-corrected chi connectivity index (χ2v) is 4.71. The van der Waals surface area contributed by atoms with Crippen molar-refractivity contribution in [3.63, 3.8) is 0 Å². The van der Waals surface area contributed by atoms with Crippen LogP contribution in [0.4, 0.5) is 0 Å². The molecule has 1 aliphatic rings. The largest absolute Gasteiger partial charge is 0.339 e. The van der Waals surface area contributed by atoms with Gasteiger partial charge in [0.15, 0.2) is 0 Å². The van der Waals surface area contributed by atoms with Crippen molar-refractivity contribution in [2.75, 3.05) is 0 Å². The molecule has 96 valence electrons. The van der Waals surface area contributed by atoms with Crippen molar-refractivity contribution in [3.8, 4) is 0 Å². The number of fused-ring (bicyclic) bond motifs is 2. The molecule has 19 heavy (non-hydrogen) atoms. The molecule has 0 spiro atoms. The van der Waals surface area contributed by atoms with E-state index in [-0.39, 0.29) is 17.3 Å². The van der Waals surface area contributed by atoms with Gasteiger partial charge in [-0.05, 0) is 6.42 Å². The van der Waals surface area contributed by atoms with Gasteiger partial charge in [-0.25, -0.2) is 4.98 Å². The third-order valence-electron chi connectivity index (χ3n) is 3.38. The van der Waals surface area contributed by atoms with Crippen LogP contribution in [-0.4, -0.2) is 21.5 Å². The zero-order valence-corrected chi connectivity index (χ0v) is 10.7. The molecule has 1 aromatic carbocycles. The molecule has 4 nitrogen and oxygen atoms in total. The van der Waals surface area contributed by atoms with Crippen LogP contribution >= 0.6 is 0 Å². The maximum absolute atomic E-state index is 12.3. The number of rotatable bonds is 3. The van der Waals surface area contributed by atoms with Crippen molar-refractivity contribution in [1.82, 2.24) is 9.97 Å². The molecule has 0 saturated heterocycles. The number of hydrogen-bond donors (Lipinski definition) is 1. The number of carbonyl (C=O) groups is 2. The van der Waals surface area contributed by atoms with Crippen LogP contribution in [0.25, 0.3) is 0 Å². The van der Waals surface area contributed by atoms with E-state index < -0.39 is 0 Å². The van der Waals surface area contributed by atoms with Gasteiger partial charge in [0.25, 0.3) is 0 Å². The summed E-state index contributed by atoms with van der Waals surface area (Å²) in [6.07, 6.45) is 2.80. The number of carbonyl (C=O) groups excluding carboxylic acids is 2. The lowest BCUT2D eigenvalue weighted by molar-refractivity contribution is 0.0974. The number of aromatic amines is 1. The highest BCUT2D eigenvalue weighted by Gasteiger charge is 2.32. The molecule has 1 aromatic heterocycles. The molecule has 1 heterocycles. The van der Waals surface area contributed by atoms with Gasteiger partial charge in [-0.3, -0.25) is 9.59 Å². The Morgan fingerprint density at radius 2 is 1.79 bits per heavy atom. The first-order valence-corrected chi connectivity index (χ1v) is 6.49. The van der Waals surface area contributed by atoms with Gasteiger partial charge >= 0.3 is 0 Å². The predicted molar refractivity (Wildman–Crippen MR) is 70.5 cm³/mol. The maximum Gasteiger partial charge on any atom is 0.214 e. The quantitative estimate of drug-likeness (QED) is 0.781. The van der Waals surface area contributed by atoms with Crippen LogP contribution in [0.3, 0.4) is 0 Å². The van der Waals surface area contributed by atoms with Crippen molar-refractivity contribution in [2.45, 2.75) is 26.2 Å². The highest BCUT2D eigenvalue weighted by atomic mass is 16.1. The Labute approximate surface area is 110 Å². The zero-order chi connectivity index (χ0) is 13.4. The summed E-state index contributed by atoms with van der Waals surface area (Å²) in [5.74, 6) is 0.422. The normalized spacial score (nSPS) is 13.3. The number of nitrogens with zero attached hydrogens (tertiary/aromatic N) is 1. The summed E-state index contributed by atoms with van der Waals surface area (Å²) in [6.45, 7) is 2.09. The molecular weight excluding hydrogens is 240 g/mol. The van der Waals surface area contributed by atoms with E-state index in [2.05, 4.69) is 16.9 Å². The average Bonchev–Trinajstić information content (AvgIpc) is 2.87. The molecule has 2 aromatic rings. The molecule has 1 aliphatic carbocycles. The van der Waals surface area contributed by atoms with E-state index in [9.17, 15) is 9.59 Å². The lowest BCUT2D eigenvalue weighted by Crippen LogP contribution is -2.20. The molecular formula is C15H14N2O2. The standard InChI is InChI=1S/C15H14N2O2/c1-2-3-8-11-16-12-13(17-11)15(19)10-7-5-4-6-9(10)14(12)18/h4-7H,2-3,8H2,1H3,(H,16,17). The predicted octanol–water partition coefficient (Wildman–Crippen LogP) is 2.53. The topological polar surface area (TPSA) is 62.8 Å². The number of ketones is 2. The molecule has 0 unspecified atom stereocenters. The van der Waals surface area contributed by atoms with Gasteiger partial charge in [0.05, 0.1) is 0 Å². The first-order chi connectivity index (χ1) is 9.22.